The van der Waals surface area contributed by atoms with Crippen LogP contribution in [0.5, 0.6) is 0 Å². The number of ether oxygens (including phenoxy) is 1. The number of fused-ring (bicyclic) bond motifs is 1. The van der Waals surface area contributed by atoms with Crippen LogP contribution in [0.2, 0.25) is 0 Å². The molecule has 6 nitrogen and oxygen atoms in total. The van der Waals surface area contributed by atoms with Crippen molar-refractivity contribution >= 4 is 5.97 Å². The number of aromatic nitrogens is 2. The fraction of sp³-hybridized carbons (Fsp3) is 0.667. The van der Waals surface area contributed by atoms with Crippen molar-refractivity contribution in [3.8, 4) is 0 Å². The van der Waals surface area contributed by atoms with Gasteiger partial charge in [0.1, 0.15) is 5.82 Å². The third-order valence-corrected chi connectivity index (χ3v) is 4.27. The summed E-state index contributed by atoms with van der Waals surface area (Å²) < 4.78 is 6.45. The Kier molecular flexibility index (Phi) is 4.46. The van der Waals surface area contributed by atoms with Crippen LogP contribution >= 0.6 is 0 Å². The molecule has 0 radical (unpaired) electrons. The van der Waals surface area contributed by atoms with E-state index < -0.39 is 5.97 Å². The first-order valence-corrected chi connectivity index (χ1v) is 7.30. The molecule has 1 aromatic heterocycles. The first-order chi connectivity index (χ1) is 9.88. The molecule has 1 unspecified atom stereocenters. The molecule has 0 saturated heterocycles. The van der Waals surface area contributed by atoms with Gasteiger partial charge in [0.05, 0.1) is 13.2 Å². The summed E-state index contributed by atoms with van der Waals surface area (Å²) in [5.74, 6) is 0.123. The third kappa shape index (κ3) is 2.72. The van der Waals surface area contributed by atoms with Gasteiger partial charge in [-0.2, -0.15) is 0 Å². The molecular formula is C15H23N3O3. The predicted octanol–water partition coefficient (Wildman–Crippen LogP) is 1.51. The maximum atomic E-state index is 12.5. The van der Waals surface area contributed by atoms with Crippen LogP contribution in [0.1, 0.15) is 54.6 Å². The SMILES string of the molecule is COC(=O)c1nc2n(c(=O)c1C)CCCC2N(C)C(C)C. The van der Waals surface area contributed by atoms with Crippen molar-refractivity contribution in [3.63, 3.8) is 0 Å². The second-order valence-corrected chi connectivity index (χ2v) is 5.81. The van der Waals surface area contributed by atoms with E-state index >= 15 is 0 Å². The number of nitrogens with zero attached hydrogens (tertiary/aromatic N) is 3. The van der Waals surface area contributed by atoms with Gasteiger partial charge in [-0.15, -0.1) is 0 Å². The number of carbonyl (C=O) groups is 1. The average Bonchev–Trinajstić information content (AvgIpc) is 2.48. The molecule has 1 aliphatic heterocycles. The van der Waals surface area contributed by atoms with E-state index in [2.05, 4.69) is 23.7 Å². The van der Waals surface area contributed by atoms with Gasteiger partial charge in [0.2, 0.25) is 0 Å². The van der Waals surface area contributed by atoms with E-state index in [1.165, 1.54) is 7.11 Å². The van der Waals surface area contributed by atoms with Crippen molar-refractivity contribution in [2.45, 2.75) is 52.2 Å². The van der Waals surface area contributed by atoms with Crippen molar-refractivity contribution < 1.29 is 9.53 Å². The maximum Gasteiger partial charge on any atom is 0.357 e. The van der Waals surface area contributed by atoms with E-state index in [9.17, 15) is 9.59 Å². The highest BCUT2D eigenvalue weighted by Gasteiger charge is 2.30. The molecule has 0 spiro atoms. The van der Waals surface area contributed by atoms with Gasteiger partial charge in [0.15, 0.2) is 5.69 Å². The molecule has 1 atom stereocenters. The highest BCUT2D eigenvalue weighted by atomic mass is 16.5. The van der Waals surface area contributed by atoms with E-state index in [4.69, 9.17) is 4.74 Å². The number of esters is 1. The Morgan fingerprint density at radius 1 is 1.48 bits per heavy atom. The lowest BCUT2D eigenvalue weighted by atomic mass is 10.0. The molecule has 6 heteroatoms. The number of hydrogen-bond donors (Lipinski definition) is 0. The van der Waals surface area contributed by atoms with E-state index in [1.807, 2.05) is 7.05 Å². The smallest absolute Gasteiger partial charge is 0.357 e. The first kappa shape index (κ1) is 15.7. The second kappa shape index (κ2) is 5.97. The molecule has 1 aromatic rings. The van der Waals surface area contributed by atoms with Crippen LogP contribution in [0.4, 0.5) is 0 Å². The van der Waals surface area contributed by atoms with E-state index in [0.717, 1.165) is 12.8 Å². The molecule has 116 valence electrons. The molecule has 2 heterocycles. The van der Waals surface area contributed by atoms with Crippen molar-refractivity contribution in [1.82, 2.24) is 14.5 Å². The Balaban J connectivity index is 2.60. The highest BCUT2D eigenvalue weighted by molar-refractivity contribution is 5.88. The van der Waals surface area contributed by atoms with Crippen molar-refractivity contribution in [3.05, 3.63) is 27.4 Å². The van der Waals surface area contributed by atoms with Crippen molar-refractivity contribution in [1.29, 1.82) is 0 Å². The van der Waals surface area contributed by atoms with Gasteiger partial charge in [0, 0.05) is 18.2 Å². The van der Waals surface area contributed by atoms with Gasteiger partial charge in [-0.25, -0.2) is 9.78 Å². The standard InChI is InChI=1S/C15H23N3O3/c1-9(2)17(4)11-7-6-8-18-13(11)16-12(15(20)21-5)10(3)14(18)19/h9,11H,6-8H2,1-5H3. The summed E-state index contributed by atoms with van der Waals surface area (Å²) in [6, 6.07) is 0.386. The summed E-state index contributed by atoms with van der Waals surface area (Å²) in [5.41, 5.74) is 0.360. The lowest BCUT2D eigenvalue weighted by molar-refractivity contribution is 0.0590. The number of rotatable bonds is 3. The molecule has 0 N–H and O–H groups in total. The van der Waals surface area contributed by atoms with Crippen LogP contribution in [0.3, 0.4) is 0 Å². The highest BCUT2D eigenvalue weighted by Crippen LogP contribution is 2.29. The first-order valence-electron chi connectivity index (χ1n) is 7.30. The van der Waals surface area contributed by atoms with Gasteiger partial charge in [-0.05, 0) is 40.7 Å². The number of methoxy groups -OCH3 is 1. The van der Waals surface area contributed by atoms with Crippen LogP contribution in [-0.4, -0.2) is 40.6 Å². The Bertz CT molecular complexity index is 607. The minimum atomic E-state index is -0.551. The van der Waals surface area contributed by atoms with Crippen LogP contribution in [0, 0.1) is 6.92 Å². The largest absolute Gasteiger partial charge is 0.464 e. The van der Waals surface area contributed by atoms with Crippen LogP contribution in [-0.2, 0) is 11.3 Å². The van der Waals surface area contributed by atoms with Gasteiger partial charge in [-0.1, -0.05) is 0 Å². The molecule has 0 saturated carbocycles. The fourth-order valence-corrected chi connectivity index (χ4v) is 2.75. The zero-order valence-corrected chi connectivity index (χ0v) is 13.3. The molecule has 0 aromatic carbocycles. The summed E-state index contributed by atoms with van der Waals surface area (Å²) in [5, 5.41) is 0. The lowest BCUT2D eigenvalue weighted by Gasteiger charge is -2.35. The Labute approximate surface area is 124 Å². The molecule has 0 fully saturated rings. The zero-order valence-electron chi connectivity index (χ0n) is 13.3. The van der Waals surface area contributed by atoms with Crippen molar-refractivity contribution in [2.24, 2.45) is 0 Å². The average molecular weight is 293 g/mol. The minimum Gasteiger partial charge on any atom is -0.464 e. The third-order valence-electron chi connectivity index (χ3n) is 4.27. The summed E-state index contributed by atoms with van der Waals surface area (Å²) >= 11 is 0. The number of carbonyl (C=O) groups excluding carboxylic acids is 1. The molecule has 0 aliphatic carbocycles. The molecule has 1 aliphatic rings. The second-order valence-electron chi connectivity index (χ2n) is 5.81. The summed E-state index contributed by atoms with van der Waals surface area (Å²) in [6.45, 7) is 6.50. The monoisotopic (exact) mass is 293 g/mol. The number of hydrogen-bond acceptors (Lipinski definition) is 5. The lowest BCUT2D eigenvalue weighted by Crippen LogP contribution is -2.41. The molecule has 0 amide bonds. The van der Waals surface area contributed by atoms with Gasteiger partial charge in [0.25, 0.3) is 5.56 Å². The fourth-order valence-electron chi connectivity index (χ4n) is 2.75. The van der Waals surface area contributed by atoms with Crippen LogP contribution in [0.25, 0.3) is 0 Å². The molecule has 0 bridgehead atoms. The molecule has 21 heavy (non-hydrogen) atoms. The van der Waals surface area contributed by atoms with Gasteiger partial charge < -0.3 is 4.74 Å². The Morgan fingerprint density at radius 3 is 2.71 bits per heavy atom. The zero-order chi connectivity index (χ0) is 15.7. The topological polar surface area (TPSA) is 64.4 Å². The van der Waals surface area contributed by atoms with Crippen LogP contribution in [0.15, 0.2) is 4.79 Å². The van der Waals surface area contributed by atoms with Crippen molar-refractivity contribution in [2.75, 3.05) is 14.2 Å². The Morgan fingerprint density at radius 2 is 2.14 bits per heavy atom. The van der Waals surface area contributed by atoms with E-state index in [1.54, 1.807) is 11.5 Å². The molecule has 2 rings (SSSR count). The predicted molar refractivity (Wildman–Crippen MR) is 79.4 cm³/mol. The van der Waals surface area contributed by atoms with E-state index in [0.29, 0.717) is 24.0 Å². The van der Waals surface area contributed by atoms with Gasteiger partial charge >= 0.3 is 5.97 Å². The minimum absolute atomic E-state index is 0.0513. The van der Waals surface area contributed by atoms with Crippen LogP contribution < -0.4 is 5.56 Å². The Hall–Kier alpha value is -1.69. The maximum absolute atomic E-state index is 12.5. The molecular weight excluding hydrogens is 270 g/mol. The normalized spacial score (nSPS) is 18.0. The quantitative estimate of drug-likeness (QED) is 0.791. The summed E-state index contributed by atoms with van der Waals surface area (Å²) in [6.07, 6.45) is 1.87. The van der Waals surface area contributed by atoms with Gasteiger partial charge in [-0.3, -0.25) is 14.3 Å². The van der Waals surface area contributed by atoms with E-state index in [-0.39, 0.29) is 17.3 Å². The summed E-state index contributed by atoms with van der Waals surface area (Å²) in [4.78, 5) is 31.0. The summed E-state index contributed by atoms with van der Waals surface area (Å²) in [7, 11) is 3.33.